The molecule has 0 unspecified atom stereocenters. The van der Waals surface area contributed by atoms with Crippen LogP contribution in [-0.4, -0.2) is 0 Å². The van der Waals surface area contributed by atoms with Crippen molar-refractivity contribution in [3.05, 3.63) is 236 Å². The lowest BCUT2D eigenvalue weighted by atomic mass is 9.68. The van der Waals surface area contributed by atoms with Crippen LogP contribution in [0.5, 0.6) is 0 Å². The molecule has 0 amide bonds. The fourth-order valence-electron chi connectivity index (χ4n) is 24.2. The van der Waals surface area contributed by atoms with Crippen LogP contribution in [-0.2, 0) is 0 Å². The van der Waals surface area contributed by atoms with Crippen LogP contribution in [0.1, 0.15) is 343 Å². The Hall–Kier alpha value is -7.43. The normalized spacial score (nSPS) is 26.4. The predicted molar refractivity (Wildman–Crippen MR) is 476 cm³/mol. The second kappa shape index (κ2) is 46.1. The summed E-state index contributed by atoms with van der Waals surface area (Å²) in [6, 6.07) is 23.7. The molecule has 8 fully saturated rings. The predicted octanol–water partition coefficient (Wildman–Crippen LogP) is 36.1. The Kier molecular flexibility index (Phi) is 35.2. The highest BCUT2D eigenvalue weighted by Crippen LogP contribution is 2.51. The van der Waals surface area contributed by atoms with Crippen LogP contribution < -0.4 is 0 Å². The maximum absolute atomic E-state index is 14.8. The van der Waals surface area contributed by atoms with Gasteiger partial charge >= 0.3 is 0 Å². The van der Waals surface area contributed by atoms with Gasteiger partial charge in [-0.25, -0.2) is 74.6 Å². The van der Waals surface area contributed by atoms with Crippen LogP contribution >= 0.6 is 0 Å². The fourth-order valence-corrected chi connectivity index (χ4v) is 24.2. The van der Waals surface area contributed by atoms with Crippen LogP contribution in [0.4, 0.5) is 74.6 Å². The molecule has 17 heteroatoms. The van der Waals surface area contributed by atoms with E-state index in [2.05, 4.69) is 27.7 Å². The summed E-state index contributed by atoms with van der Waals surface area (Å²) in [7, 11) is 0. The van der Waals surface area contributed by atoms with E-state index in [1.54, 1.807) is 18.2 Å². The van der Waals surface area contributed by atoms with Crippen molar-refractivity contribution in [1.82, 2.24) is 0 Å². The van der Waals surface area contributed by atoms with Gasteiger partial charge in [-0.1, -0.05) is 180 Å². The van der Waals surface area contributed by atoms with E-state index in [1.807, 2.05) is 18.2 Å². The third-order valence-electron chi connectivity index (χ3n) is 31.9. The lowest BCUT2D eigenvalue weighted by Crippen LogP contribution is -2.25. The molecule has 0 nitrogen and oxygen atoms in total. The molecule has 0 heterocycles. The van der Waals surface area contributed by atoms with Gasteiger partial charge in [0, 0.05) is 16.7 Å². The summed E-state index contributed by atoms with van der Waals surface area (Å²) >= 11 is 0. The summed E-state index contributed by atoms with van der Waals surface area (Å²) in [4.78, 5) is 0. The Morgan fingerprint density at radius 3 is 0.677 bits per heavy atom. The largest absolute Gasteiger partial charge is 0.206 e. The summed E-state index contributed by atoms with van der Waals surface area (Å²) in [6.45, 7) is 9.08. The zero-order valence-corrected chi connectivity index (χ0v) is 74.8. The minimum Gasteiger partial charge on any atom is -0.206 e. The first-order valence-corrected chi connectivity index (χ1v) is 48.7. The number of hydrogen-bond donors (Lipinski definition) is 0. The molecule has 690 valence electrons. The monoisotopic (exact) mass is 1770 g/mol. The van der Waals surface area contributed by atoms with Gasteiger partial charge in [0.2, 0.25) is 0 Å². The van der Waals surface area contributed by atoms with Gasteiger partial charge in [0.05, 0.1) is 5.56 Å². The van der Waals surface area contributed by atoms with Crippen LogP contribution in [0.2, 0.25) is 0 Å². The van der Waals surface area contributed by atoms with Gasteiger partial charge in [-0.2, -0.15) is 0 Å². The zero-order valence-electron chi connectivity index (χ0n) is 74.8. The molecule has 127 heavy (non-hydrogen) atoms. The molecule has 0 saturated heterocycles. The highest BCUT2D eigenvalue weighted by molar-refractivity contribution is 5.68. The van der Waals surface area contributed by atoms with Crippen LogP contribution in [0.25, 0.3) is 44.5 Å². The van der Waals surface area contributed by atoms with Gasteiger partial charge < -0.3 is 0 Å². The molecule has 8 aromatic carbocycles. The van der Waals surface area contributed by atoms with Gasteiger partial charge in [-0.15, -0.1) is 0 Å². The van der Waals surface area contributed by atoms with Gasteiger partial charge in [-0.3, -0.25) is 0 Å². The molecular weight excluding hydrogens is 1640 g/mol. The topological polar surface area (TPSA) is 0 Å². The number of hydrogen-bond acceptors (Lipinski definition) is 0. The van der Waals surface area contributed by atoms with Crippen molar-refractivity contribution in [2.75, 3.05) is 0 Å². The number of unbranched alkanes of at least 4 members (excludes halogenated alkanes) is 3. The lowest BCUT2D eigenvalue weighted by Gasteiger charge is -2.38. The highest BCUT2D eigenvalue weighted by Gasteiger charge is 2.38. The maximum atomic E-state index is 14.8. The molecule has 8 aromatic rings. The molecule has 8 aliphatic rings. The van der Waals surface area contributed by atoms with Gasteiger partial charge in [0.1, 0.15) is 29.1 Å². The average Bonchev–Trinajstić information content (AvgIpc) is 0.790. The standard InChI is InChI=1S/C29H36F4.C28H34F4.C27H32F4.C26H29F5/c1-2-3-4-5-19-6-8-20(9-7-19)21-10-12-22(13-11-21)23-14-15-25(26(30)16-23)24-17-27(31)29(33)28(32)18-24;1-2-3-4-18-5-7-19(8-6-18)20-9-11-21(12-10-20)22-13-14-24(25(29)15-22)23-16-26(30)28(32)27(31)17-23;1-2-3-17-4-6-18(7-5-17)19-8-10-20(11-9-19)21-12-13-23(24(28)14-21)22-15-25(29)27(31)26(30)16-22;1-2-15-3-5-16(6-4-15)17-7-9-18(10-8-17)19-11-21(27)25(22(28)12-19)20-13-23(29)26(31)24(30)14-20/h14-22H,2-13H2,1H3;13-21H,2-12H2,1H3;12-20H,2-11H2,1H3;11-18H,2-10H2,1H3. The van der Waals surface area contributed by atoms with Crippen molar-refractivity contribution in [2.45, 2.75) is 321 Å². The Morgan fingerprint density at radius 1 is 0.197 bits per heavy atom. The van der Waals surface area contributed by atoms with Crippen molar-refractivity contribution in [1.29, 1.82) is 0 Å². The average molecular weight is 1780 g/mol. The first kappa shape index (κ1) is 97.1. The Labute approximate surface area is 743 Å². The maximum Gasteiger partial charge on any atom is 0.194 e. The van der Waals surface area contributed by atoms with Gasteiger partial charge in [-0.05, 0) is 372 Å². The molecule has 0 atom stereocenters. The molecule has 16 rings (SSSR count). The first-order valence-electron chi connectivity index (χ1n) is 48.7. The van der Waals surface area contributed by atoms with Crippen molar-refractivity contribution in [2.24, 2.45) is 71.0 Å². The van der Waals surface area contributed by atoms with E-state index in [0.717, 1.165) is 182 Å². The van der Waals surface area contributed by atoms with E-state index in [1.165, 1.54) is 236 Å². The Balaban J connectivity index is 0.000000145. The SMILES string of the molecule is CCC1CCC(C2CCC(c3cc(F)c(-c4cc(F)c(F)c(F)c4)c(F)c3)CC2)CC1.CCCC1CCC(C2CCC(c3ccc(-c4cc(F)c(F)c(F)c4)c(F)c3)CC2)CC1.CCCCC1CCC(C2CCC(c3ccc(-c4cc(F)c(F)c(F)c4)c(F)c3)CC2)CC1.CCCCCC1CCC(C2CCC(c3ccc(-c4cc(F)c(F)c(F)c4)c(F)c3)CC2)CC1. The molecule has 8 saturated carbocycles. The van der Waals surface area contributed by atoms with Crippen molar-refractivity contribution in [3.8, 4) is 44.5 Å². The van der Waals surface area contributed by atoms with Crippen LogP contribution in [0, 0.1) is 170 Å². The van der Waals surface area contributed by atoms with E-state index in [9.17, 15) is 74.6 Å². The quantitative estimate of drug-likeness (QED) is 0.0360. The van der Waals surface area contributed by atoms with Crippen LogP contribution in [0.15, 0.2) is 115 Å². The molecule has 0 N–H and O–H groups in total. The summed E-state index contributed by atoms with van der Waals surface area (Å²) in [5.41, 5.74) is 2.93. The minimum absolute atomic E-state index is 0.0165. The van der Waals surface area contributed by atoms with Gasteiger partial charge in [0.15, 0.2) is 69.8 Å². The Bertz CT molecular complexity index is 4740. The molecule has 0 bridgehead atoms. The summed E-state index contributed by atoms with van der Waals surface area (Å²) in [5.74, 6) is -9.08. The van der Waals surface area contributed by atoms with E-state index >= 15 is 0 Å². The van der Waals surface area contributed by atoms with Crippen molar-refractivity contribution < 1.29 is 74.6 Å². The number of rotatable bonds is 22. The third kappa shape index (κ3) is 25.1. The van der Waals surface area contributed by atoms with E-state index in [4.69, 9.17) is 0 Å². The highest BCUT2D eigenvalue weighted by atomic mass is 19.2. The third-order valence-corrected chi connectivity index (χ3v) is 31.9. The van der Waals surface area contributed by atoms with Crippen LogP contribution in [0.3, 0.4) is 0 Å². The van der Waals surface area contributed by atoms with Crippen molar-refractivity contribution >= 4 is 0 Å². The molecule has 0 aliphatic heterocycles. The lowest BCUT2D eigenvalue weighted by molar-refractivity contribution is 0.155. The second-order valence-electron chi connectivity index (χ2n) is 39.5. The van der Waals surface area contributed by atoms with E-state index in [0.29, 0.717) is 41.4 Å². The molecule has 0 radical (unpaired) electrons. The molecular formula is C110H131F17. The minimum atomic E-state index is -1.65. The number of halogens is 17. The second-order valence-corrected chi connectivity index (χ2v) is 39.5. The van der Waals surface area contributed by atoms with Crippen molar-refractivity contribution in [3.63, 3.8) is 0 Å². The number of benzene rings is 8. The summed E-state index contributed by atoms with van der Waals surface area (Å²) in [6.07, 6.45) is 52.8. The summed E-state index contributed by atoms with van der Waals surface area (Å²) < 4.78 is 235. The summed E-state index contributed by atoms with van der Waals surface area (Å²) in [5, 5.41) is 0. The smallest absolute Gasteiger partial charge is 0.194 e. The van der Waals surface area contributed by atoms with E-state index < -0.39 is 104 Å². The first-order chi connectivity index (χ1) is 61.2. The fraction of sp³-hybridized carbons (Fsp3) is 0.564. The molecule has 0 aromatic heterocycles. The Morgan fingerprint density at radius 2 is 0.425 bits per heavy atom. The molecule has 0 spiro atoms. The van der Waals surface area contributed by atoms with Gasteiger partial charge in [0.25, 0.3) is 0 Å². The zero-order chi connectivity index (χ0) is 90.1. The van der Waals surface area contributed by atoms with E-state index in [-0.39, 0.29) is 44.9 Å². The molecule has 8 aliphatic carbocycles.